The molecule has 50 heteroatoms. The van der Waals surface area contributed by atoms with Crippen molar-refractivity contribution in [1.82, 2.24) is 138 Å². The number of methoxy groups -OCH3 is 1. The Morgan fingerprint density at radius 2 is 0.882 bits per heavy atom. The van der Waals surface area contributed by atoms with Crippen molar-refractivity contribution in [2.45, 2.75) is 136 Å². The second-order valence-electron chi connectivity index (χ2n) is 33.5. The molecule has 42 nitrogen and oxygen atoms in total. The number of aromatic amines is 1. The second kappa shape index (κ2) is 48.2. The molecule has 5 saturated heterocycles. The molecule has 0 saturated carbocycles. The number of rotatable bonds is 13. The van der Waals surface area contributed by atoms with Crippen LogP contribution in [0.1, 0.15) is 136 Å². The maximum absolute atomic E-state index is 9.51. The number of nitrogens with zero attached hydrogens (tertiary/aromatic N) is 28. The highest BCUT2D eigenvalue weighted by Crippen LogP contribution is 2.38. The molecule has 18 aromatic rings. The molecule has 0 radical (unpaired) electrons. The predicted molar refractivity (Wildman–Crippen MR) is 555 cm³/mol. The lowest BCUT2D eigenvalue weighted by Crippen LogP contribution is -2.43. The van der Waals surface area contributed by atoms with Crippen molar-refractivity contribution in [1.29, 1.82) is 0 Å². The molecule has 144 heavy (non-hydrogen) atoms. The number of benzene rings is 3. The summed E-state index contributed by atoms with van der Waals surface area (Å²) in [7, 11) is 0.273. The number of H-pyrrole nitrogens is 1. The number of aryl methyl sites for hydroxylation is 5. The van der Waals surface area contributed by atoms with Gasteiger partial charge in [0.2, 0.25) is 26.4 Å². The molecule has 15 aromatic heterocycles. The van der Waals surface area contributed by atoms with E-state index in [1.165, 1.54) is 18.1 Å². The summed E-state index contributed by atoms with van der Waals surface area (Å²) in [5, 5.41) is 43.6. The molecule has 23 rings (SSSR count). The molecular weight excluding hydrogens is 1990 g/mol. The summed E-state index contributed by atoms with van der Waals surface area (Å²) in [6, 6.07) is 33.3. The third-order valence-electron chi connectivity index (χ3n) is 23.8. The minimum atomic E-state index is -1.38. The van der Waals surface area contributed by atoms with Crippen LogP contribution in [0, 0.1) is 34.6 Å². The average molecular weight is 2100 g/mol. The molecular formula is C94H102BCl7N34O8. The van der Waals surface area contributed by atoms with Crippen molar-refractivity contribution in [2.24, 2.45) is 0 Å². The summed E-state index contributed by atoms with van der Waals surface area (Å²) in [6.45, 7) is 18.3. The Morgan fingerprint density at radius 1 is 0.431 bits per heavy atom. The first-order chi connectivity index (χ1) is 69.7. The highest BCUT2D eigenvalue weighted by atomic mass is 35.5. The maximum Gasteiger partial charge on any atom is 0.488 e. The first-order valence-corrected chi connectivity index (χ1v) is 48.8. The van der Waals surface area contributed by atoms with Crippen LogP contribution in [-0.4, -0.2) is 226 Å². The number of nitrogens with one attached hydrogen (secondary N) is 3. The number of ether oxygens (including phenoxy) is 4. The van der Waals surface area contributed by atoms with Gasteiger partial charge >= 0.3 is 7.12 Å². The summed E-state index contributed by atoms with van der Waals surface area (Å²) in [6.07, 6.45) is 22.9. The van der Waals surface area contributed by atoms with Gasteiger partial charge in [-0.2, -0.15) is 39.9 Å². The Balaban J connectivity index is 0.000000121. The normalized spacial score (nSPS) is 15.8. The Bertz CT molecular complexity index is 7360. The number of pyridine rings is 3. The van der Waals surface area contributed by atoms with Crippen LogP contribution in [-0.2, 0) is 20.8 Å². The molecule has 5 aliphatic heterocycles. The fourth-order valence-electron chi connectivity index (χ4n) is 16.8. The van der Waals surface area contributed by atoms with Gasteiger partial charge in [0.15, 0.2) is 84.0 Å². The zero-order valence-corrected chi connectivity index (χ0v) is 84.3. The number of aromatic nitrogens is 27. The number of aromatic hydroxyl groups is 2. The molecule has 0 spiro atoms. The summed E-state index contributed by atoms with van der Waals surface area (Å²) >= 11 is 41.3. The molecule has 13 N–H and O–H groups in total. The highest BCUT2D eigenvalue weighted by Gasteiger charge is 2.30. The molecule has 5 aliphatic rings. The minimum Gasteiger partial charge on any atom is -0.508 e. The van der Waals surface area contributed by atoms with E-state index in [0.29, 0.717) is 96.5 Å². The summed E-state index contributed by atoms with van der Waals surface area (Å²) in [4.78, 5) is 95.9. The van der Waals surface area contributed by atoms with E-state index in [1.807, 2.05) is 130 Å². The minimum absolute atomic E-state index is 0.0317. The number of nitrogen functional groups attached to an aromatic ring is 3. The standard InChI is InChI=1S/C22H23N7O.C19H22ClN5O2.C11H12Cl2N4O.C11H9ClN6.C10H10Cl2N4O.C10H14N2O.C6H6ClN5.C5H6BNO2/c1-14-25-19-20(23)26-21(27-22(19)29(14)17-6-10-24-11-7-17)15-8-12-28(13-9-15)16-2-4-18(30)5-3-16;1-12-22-16-17(21-11-13-6-8-14(26-2)9-7-13)23-19(20)24-18(16)25(12)15-5-3-4-10-27-15;1-6-14-8-9(12)15-11(13)16-10(8)17(6)7-4-2-3-5-18-7;1-6-15-8-9(13)16-11(12)17-10(8)18(6)7-2-4-14-5-3-7;11-8-7-9(15-10(12)14-8)16(5-13-7)6-3-1-2-4-17-6;13-10-3-1-9(2-4-10)12-7-5-11-6-8-12;1-2-9-3-4(8)11-6(7)12-5(3)10-2;8-6(9)5-1-3-7-4-2-5/h2-7,10-11,15,30H,8-9,12-13H2,1H3,(H2,23,26,27);6-9,15H,3-5,10-11H2,1-2H3,(H,21,23,24);7H,2-5H2,1H3;2-5H,1H3,(H2,13,16,17);5-6H,1-4H2;1-4,11,13H,5-8H2;1H3,(H3,8,9,10,11,12);1-4,8-9H. The third-order valence-corrected chi connectivity index (χ3v) is 25.1. The maximum atomic E-state index is 9.51. The Kier molecular flexibility index (Phi) is 34.6. The average Bonchev–Trinajstić information content (AvgIpc) is 1.58. The largest absolute Gasteiger partial charge is 0.508 e. The van der Waals surface area contributed by atoms with Crippen molar-refractivity contribution in [2.75, 3.05) is 98.5 Å². The topological polar surface area (TPSA) is 538 Å². The van der Waals surface area contributed by atoms with Gasteiger partial charge in [-0.25, -0.2) is 49.8 Å². The number of anilines is 6. The van der Waals surface area contributed by atoms with Gasteiger partial charge < -0.3 is 81.8 Å². The molecule has 5 fully saturated rings. The predicted octanol–water partition coefficient (Wildman–Crippen LogP) is 15.5. The number of hydrogen-bond acceptors (Lipinski definition) is 36. The highest BCUT2D eigenvalue weighted by molar-refractivity contribution is 6.58. The van der Waals surface area contributed by atoms with Gasteiger partial charge in [-0.05, 0) is 271 Å². The van der Waals surface area contributed by atoms with Crippen LogP contribution in [0.5, 0.6) is 17.2 Å². The lowest BCUT2D eigenvalue weighted by molar-refractivity contribution is -0.0310. The molecule has 3 atom stereocenters. The van der Waals surface area contributed by atoms with Crippen molar-refractivity contribution in [3.63, 3.8) is 0 Å². The number of fused-ring (bicyclic) bond motifs is 6. The number of halogens is 7. The van der Waals surface area contributed by atoms with Crippen LogP contribution in [0.2, 0.25) is 36.7 Å². The molecule has 20 heterocycles. The number of hydrogen-bond donors (Lipinski definition) is 10. The van der Waals surface area contributed by atoms with Crippen LogP contribution in [0.15, 0.2) is 153 Å². The van der Waals surface area contributed by atoms with E-state index in [9.17, 15) is 5.11 Å². The van der Waals surface area contributed by atoms with Gasteiger partial charge in [0.1, 0.15) is 87.4 Å². The molecule has 0 aliphatic carbocycles. The van der Waals surface area contributed by atoms with E-state index in [0.717, 1.165) is 199 Å². The van der Waals surface area contributed by atoms with E-state index >= 15 is 0 Å². The van der Waals surface area contributed by atoms with Crippen molar-refractivity contribution in [3.05, 3.63) is 230 Å². The molecule has 748 valence electrons. The van der Waals surface area contributed by atoms with E-state index in [4.69, 9.17) is 137 Å². The van der Waals surface area contributed by atoms with E-state index in [1.54, 1.807) is 74.6 Å². The van der Waals surface area contributed by atoms with Gasteiger partial charge in [-0.15, -0.1) is 0 Å². The van der Waals surface area contributed by atoms with Crippen LogP contribution in [0.25, 0.3) is 78.4 Å². The Morgan fingerprint density at radius 3 is 1.40 bits per heavy atom. The monoisotopic (exact) mass is 2090 g/mol. The summed E-state index contributed by atoms with van der Waals surface area (Å²) in [5.41, 5.74) is 30.9. The molecule has 3 aromatic carbocycles. The zero-order chi connectivity index (χ0) is 101. The first-order valence-electron chi connectivity index (χ1n) is 46.2. The molecule has 0 bridgehead atoms. The number of phenols is 2. The number of phenolic OH excluding ortho intramolecular Hbond substituents is 2. The quantitative estimate of drug-likeness (QED) is 0.0291. The lowest BCUT2D eigenvalue weighted by Gasteiger charge is -2.33. The fraction of sp³-hybridized carbons (Fsp3) is 0.330. The van der Waals surface area contributed by atoms with Gasteiger partial charge in [-0.3, -0.25) is 37.8 Å². The second-order valence-corrected chi connectivity index (χ2v) is 35.9. The fourth-order valence-corrected chi connectivity index (χ4v) is 18.2. The Hall–Kier alpha value is -13.5. The Labute approximate surface area is 860 Å². The third kappa shape index (κ3) is 25.4. The first kappa shape index (κ1) is 103. The number of nitrogens with two attached hydrogens (primary N) is 3. The smallest absolute Gasteiger partial charge is 0.488 e. The van der Waals surface area contributed by atoms with Crippen molar-refractivity contribution in [3.8, 4) is 28.6 Å². The van der Waals surface area contributed by atoms with Crippen LogP contribution in [0.4, 0.5) is 34.6 Å². The van der Waals surface area contributed by atoms with Gasteiger partial charge in [0, 0.05) is 120 Å². The van der Waals surface area contributed by atoms with Gasteiger partial charge in [-0.1, -0.05) is 35.3 Å². The number of piperidine rings is 1. The van der Waals surface area contributed by atoms with Crippen molar-refractivity contribution < 1.29 is 39.2 Å². The number of piperazine rings is 1. The van der Waals surface area contributed by atoms with Crippen LogP contribution >= 0.6 is 81.2 Å². The van der Waals surface area contributed by atoms with Crippen LogP contribution in [0.3, 0.4) is 0 Å². The number of imidazole rings is 6. The SMILES string of the molecule is COc1ccc(CNc2nc(Cl)nc3c2nc(C)n3C2CCCCO2)cc1.Cc1nc2c(Cl)nc(Cl)nc2n1C1CCCCO1.Cc1nc2c(N)nc(C3CCN(c4ccc(O)cc4)CC3)nc2n1-c1ccncc1.Cc1nc2c(N)nc(Cl)nc2n1-c1ccncc1.Cc1nc2nc(Cl)nc(N)c2[nH]1.Clc1nc(Cl)c2ncn(C3CCCCO3)c2n1.OB(O)c1ccncc1.Oc1ccc(N2CCNCC2)cc1. The van der Waals surface area contributed by atoms with E-state index in [2.05, 4.69) is 125 Å². The molecule has 0 amide bonds. The van der Waals surface area contributed by atoms with E-state index < -0.39 is 7.12 Å². The van der Waals surface area contributed by atoms with Gasteiger partial charge in [0.05, 0.1) is 24.8 Å². The van der Waals surface area contributed by atoms with Crippen LogP contribution < -0.4 is 47.8 Å². The van der Waals surface area contributed by atoms with Crippen molar-refractivity contribution >= 4 is 195 Å². The zero-order valence-electron chi connectivity index (χ0n) is 79.0. The lowest BCUT2D eigenvalue weighted by atomic mass is 9.81. The summed E-state index contributed by atoms with van der Waals surface area (Å²) in [5.74, 6) is 8.10. The van der Waals surface area contributed by atoms with E-state index in [-0.39, 0.29) is 72.9 Å². The van der Waals surface area contributed by atoms with Gasteiger partial charge in [0.25, 0.3) is 0 Å². The molecule has 3 unspecified atom stereocenters. The summed E-state index contributed by atoms with van der Waals surface area (Å²) < 4.78 is 32.3.